The van der Waals surface area contributed by atoms with Gasteiger partial charge in [0.05, 0.1) is 14.2 Å². The molecule has 0 aliphatic heterocycles. The van der Waals surface area contributed by atoms with Crippen LogP contribution in [0.4, 0.5) is 10.1 Å². The monoisotopic (exact) mass is 373 g/mol. The second-order valence-corrected chi connectivity index (χ2v) is 5.56. The topological polar surface area (TPSA) is 73.9 Å². The standard InChI is InChI=1S/C20H20FNO5/c1-13-4-7-15(21)11-16(13)22-19(23)12-27-20(24)9-6-14-5-8-17(25-2)18(10-14)26-3/h4-11H,12H2,1-3H3,(H,22,23)/b9-6+. The van der Waals surface area contributed by atoms with E-state index in [1.807, 2.05) is 0 Å². The van der Waals surface area contributed by atoms with Crippen molar-refractivity contribution in [3.63, 3.8) is 0 Å². The van der Waals surface area contributed by atoms with Crippen LogP contribution in [0.2, 0.25) is 0 Å². The van der Waals surface area contributed by atoms with Crippen molar-refractivity contribution in [2.45, 2.75) is 6.92 Å². The molecular formula is C20H20FNO5. The van der Waals surface area contributed by atoms with Crippen LogP contribution < -0.4 is 14.8 Å². The number of ether oxygens (including phenoxy) is 3. The highest BCUT2D eigenvalue weighted by molar-refractivity contribution is 5.95. The molecule has 0 unspecified atom stereocenters. The number of hydrogen-bond donors (Lipinski definition) is 1. The van der Waals surface area contributed by atoms with Gasteiger partial charge in [0.2, 0.25) is 0 Å². The van der Waals surface area contributed by atoms with E-state index < -0.39 is 24.3 Å². The van der Waals surface area contributed by atoms with Crippen LogP contribution in [0.3, 0.4) is 0 Å². The van der Waals surface area contributed by atoms with Crippen LogP contribution in [0.15, 0.2) is 42.5 Å². The molecule has 0 saturated heterocycles. The number of amides is 1. The van der Waals surface area contributed by atoms with E-state index >= 15 is 0 Å². The van der Waals surface area contributed by atoms with Crippen molar-refractivity contribution in [3.05, 3.63) is 59.4 Å². The molecule has 0 fully saturated rings. The molecule has 2 aromatic carbocycles. The van der Waals surface area contributed by atoms with Crippen LogP contribution >= 0.6 is 0 Å². The van der Waals surface area contributed by atoms with Gasteiger partial charge in [0, 0.05) is 11.8 Å². The summed E-state index contributed by atoms with van der Waals surface area (Å²) in [6.07, 6.45) is 2.72. The van der Waals surface area contributed by atoms with Crippen molar-refractivity contribution < 1.29 is 28.2 Å². The average molecular weight is 373 g/mol. The SMILES string of the molecule is COc1ccc(/C=C/C(=O)OCC(=O)Nc2cc(F)ccc2C)cc1OC. The molecule has 1 N–H and O–H groups in total. The molecule has 0 spiro atoms. The van der Waals surface area contributed by atoms with Gasteiger partial charge >= 0.3 is 5.97 Å². The molecule has 27 heavy (non-hydrogen) atoms. The lowest BCUT2D eigenvalue weighted by molar-refractivity contribution is -0.142. The molecule has 0 bridgehead atoms. The van der Waals surface area contributed by atoms with Gasteiger partial charge in [-0.2, -0.15) is 0 Å². The van der Waals surface area contributed by atoms with Crippen molar-refractivity contribution in [1.82, 2.24) is 0 Å². The van der Waals surface area contributed by atoms with Gasteiger partial charge in [-0.15, -0.1) is 0 Å². The molecule has 2 rings (SSSR count). The number of benzene rings is 2. The number of rotatable bonds is 7. The molecule has 0 aliphatic rings. The molecule has 6 nitrogen and oxygen atoms in total. The largest absolute Gasteiger partial charge is 0.493 e. The number of aryl methyl sites for hydroxylation is 1. The van der Waals surface area contributed by atoms with Crippen molar-refractivity contribution in [1.29, 1.82) is 0 Å². The smallest absolute Gasteiger partial charge is 0.331 e. The molecule has 0 aliphatic carbocycles. The number of nitrogens with one attached hydrogen (secondary N) is 1. The van der Waals surface area contributed by atoms with Gasteiger partial charge in [-0.05, 0) is 48.4 Å². The quantitative estimate of drug-likeness (QED) is 0.595. The summed E-state index contributed by atoms with van der Waals surface area (Å²) < 4.78 is 28.4. The summed E-state index contributed by atoms with van der Waals surface area (Å²) in [5, 5.41) is 2.50. The lowest BCUT2D eigenvalue weighted by atomic mass is 10.2. The fraction of sp³-hybridized carbons (Fsp3) is 0.200. The zero-order chi connectivity index (χ0) is 19.8. The molecular weight excluding hydrogens is 353 g/mol. The fourth-order valence-electron chi connectivity index (χ4n) is 2.22. The summed E-state index contributed by atoms with van der Waals surface area (Å²) in [5.41, 5.74) is 1.73. The zero-order valence-corrected chi connectivity index (χ0v) is 15.2. The van der Waals surface area contributed by atoms with Crippen molar-refractivity contribution in [3.8, 4) is 11.5 Å². The molecule has 0 aromatic heterocycles. The molecule has 2 aromatic rings. The number of anilines is 1. The predicted molar refractivity (Wildman–Crippen MR) is 99.3 cm³/mol. The first-order valence-electron chi connectivity index (χ1n) is 8.06. The summed E-state index contributed by atoms with van der Waals surface area (Å²) in [5.74, 6) is -0.613. The van der Waals surface area contributed by atoms with Gasteiger partial charge in [-0.25, -0.2) is 9.18 Å². The summed E-state index contributed by atoms with van der Waals surface area (Å²) in [6.45, 7) is 1.25. The Bertz CT molecular complexity index is 863. The molecule has 142 valence electrons. The summed E-state index contributed by atoms with van der Waals surface area (Å²) in [7, 11) is 3.04. The van der Waals surface area contributed by atoms with Crippen LogP contribution in [0, 0.1) is 12.7 Å². The van der Waals surface area contributed by atoms with E-state index in [0.29, 0.717) is 28.3 Å². The minimum Gasteiger partial charge on any atom is -0.493 e. The average Bonchev–Trinajstić information content (AvgIpc) is 2.67. The van der Waals surface area contributed by atoms with Gasteiger partial charge in [0.15, 0.2) is 18.1 Å². The Morgan fingerprint density at radius 2 is 1.81 bits per heavy atom. The van der Waals surface area contributed by atoms with E-state index in [-0.39, 0.29) is 0 Å². The minimum absolute atomic E-state index is 0.330. The molecule has 0 saturated carbocycles. The van der Waals surface area contributed by atoms with E-state index in [2.05, 4.69) is 5.32 Å². The summed E-state index contributed by atoms with van der Waals surface area (Å²) in [4.78, 5) is 23.6. The van der Waals surface area contributed by atoms with Gasteiger partial charge in [0.1, 0.15) is 5.82 Å². The van der Waals surface area contributed by atoms with Crippen molar-refractivity contribution >= 4 is 23.6 Å². The van der Waals surface area contributed by atoms with E-state index in [9.17, 15) is 14.0 Å². The van der Waals surface area contributed by atoms with Crippen LogP contribution in [0.1, 0.15) is 11.1 Å². The van der Waals surface area contributed by atoms with Gasteiger partial charge in [0.25, 0.3) is 5.91 Å². The highest BCUT2D eigenvalue weighted by atomic mass is 19.1. The number of methoxy groups -OCH3 is 2. The number of hydrogen-bond acceptors (Lipinski definition) is 5. The maximum absolute atomic E-state index is 13.2. The molecule has 7 heteroatoms. The molecule has 0 heterocycles. The van der Waals surface area contributed by atoms with Crippen molar-refractivity contribution in [2.75, 3.05) is 26.1 Å². The number of esters is 1. The van der Waals surface area contributed by atoms with Gasteiger partial charge < -0.3 is 19.5 Å². The molecule has 0 radical (unpaired) electrons. The molecule has 1 amide bonds. The zero-order valence-electron chi connectivity index (χ0n) is 15.2. The third-order valence-corrected chi connectivity index (χ3v) is 3.64. The highest BCUT2D eigenvalue weighted by Crippen LogP contribution is 2.27. The van der Waals surface area contributed by atoms with Gasteiger partial charge in [-0.3, -0.25) is 4.79 Å². The second-order valence-electron chi connectivity index (χ2n) is 5.56. The van der Waals surface area contributed by atoms with Crippen LogP contribution in [0.5, 0.6) is 11.5 Å². The van der Waals surface area contributed by atoms with Crippen LogP contribution in [-0.2, 0) is 14.3 Å². The Labute approximate surface area is 156 Å². The minimum atomic E-state index is -0.684. The summed E-state index contributed by atoms with van der Waals surface area (Å²) in [6, 6.07) is 9.18. The Morgan fingerprint density at radius 1 is 1.07 bits per heavy atom. The maximum Gasteiger partial charge on any atom is 0.331 e. The Balaban J connectivity index is 1.89. The lowest BCUT2D eigenvalue weighted by Gasteiger charge is -2.08. The van der Waals surface area contributed by atoms with E-state index in [4.69, 9.17) is 14.2 Å². The first kappa shape index (κ1) is 20.0. The van der Waals surface area contributed by atoms with E-state index in [1.54, 1.807) is 31.2 Å². The number of halogens is 1. The second kappa shape index (κ2) is 9.38. The normalized spacial score (nSPS) is 10.5. The van der Waals surface area contributed by atoms with Gasteiger partial charge in [-0.1, -0.05) is 12.1 Å². The van der Waals surface area contributed by atoms with E-state index in [0.717, 1.165) is 0 Å². The third kappa shape index (κ3) is 5.85. The highest BCUT2D eigenvalue weighted by Gasteiger charge is 2.09. The lowest BCUT2D eigenvalue weighted by Crippen LogP contribution is -2.20. The van der Waals surface area contributed by atoms with E-state index in [1.165, 1.54) is 38.5 Å². The Hall–Kier alpha value is -3.35. The predicted octanol–water partition coefficient (Wildman–Crippen LogP) is 3.35. The number of carbonyl (C=O) groups excluding carboxylic acids is 2. The maximum atomic E-state index is 13.2. The fourth-order valence-corrected chi connectivity index (χ4v) is 2.22. The first-order valence-corrected chi connectivity index (χ1v) is 8.06. The molecule has 0 atom stereocenters. The number of carbonyl (C=O) groups is 2. The first-order chi connectivity index (χ1) is 12.9. The third-order valence-electron chi connectivity index (χ3n) is 3.64. The Kier molecular flexibility index (Phi) is 6.93. The summed E-state index contributed by atoms with van der Waals surface area (Å²) >= 11 is 0. The van der Waals surface area contributed by atoms with Crippen LogP contribution in [0.25, 0.3) is 6.08 Å². The Morgan fingerprint density at radius 3 is 2.52 bits per heavy atom. The van der Waals surface area contributed by atoms with Crippen molar-refractivity contribution in [2.24, 2.45) is 0 Å². The van der Waals surface area contributed by atoms with Crippen LogP contribution in [-0.4, -0.2) is 32.7 Å².